The van der Waals surface area contributed by atoms with Gasteiger partial charge in [-0.2, -0.15) is 0 Å². The zero-order chi connectivity index (χ0) is 6.97. The molecule has 0 spiro atoms. The molecule has 1 aromatic rings. The highest BCUT2D eigenvalue weighted by Crippen LogP contribution is 2.28. The van der Waals surface area contributed by atoms with Crippen LogP contribution in [-0.2, 0) is 0 Å². The quantitative estimate of drug-likeness (QED) is 0.391. The van der Waals surface area contributed by atoms with Crippen molar-refractivity contribution < 1.29 is 4.97 Å². The van der Waals surface area contributed by atoms with Crippen molar-refractivity contribution in [1.82, 2.24) is 5.43 Å². The lowest BCUT2D eigenvalue weighted by Crippen LogP contribution is -2.01. The van der Waals surface area contributed by atoms with Crippen LogP contribution in [0.1, 0.15) is 0 Å². The third-order valence-corrected chi connectivity index (χ3v) is 1.27. The summed E-state index contributed by atoms with van der Waals surface area (Å²) in [6, 6.07) is 7.13. The first-order valence-corrected chi connectivity index (χ1v) is 2.86. The van der Waals surface area contributed by atoms with Crippen molar-refractivity contribution in [3.05, 3.63) is 29.5 Å². The first kappa shape index (κ1) is 5.22. The molecule has 1 aromatic carbocycles. The van der Waals surface area contributed by atoms with Gasteiger partial charge in [0.05, 0.1) is 4.97 Å². The number of benzene rings is 1. The maximum absolute atomic E-state index is 10.5. The van der Waals surface area contributed by atoms with Crippen LogP contribution in [0.3, 0.4) is 0 Å². The fraction of sp³-hybridized carbons (Fsp3) is 0. The molecule has 0 saturated heterocycles. The minimum absolute atomic E-state index is 0.324. The second kappa shape index (κ2) is 1.70. The minimum Gasteiger partial charge on any atom is -0.569 e. The van der Waals surface area contributed by atoms with Crippen LogP contribution < -0.4 is 5.43 Å². The molecule has 0 fully saturated rings. The molecule has 0 saturated carbocycles. The number of hydrogen-bond donors (Lipinski definition) is 0. The smallest absolute Gasteiger partial charge is 0.166 e. The third-order valence-electron chi connectivity index (χ3n) is 1.27. The van der Waals surface area contributed by atoms with E-state index in [-0.39, 0.29) is 0 Å². The molecule has 1 aliphatic rings. The van der Waals surface area contributed by atoms with Crippen LogP contribution in [0, 0.1) is 5.21 Å². The minimum atomic E-state index is 0.324. The van der Waals surface area contributed by atoms with Gasteiger partial charge in [-0.25, -0.2) is 0 Å². The molecular weight excluding hydrogens is 130 g/mol. The van der Waals surface area contributed by atoms with E-state index in [1.807, 2.05) is 12.1 Å². The molecule has 10 heavy (non-hydrogen) atoms. The molecule has 2 rings (SSSR count). The zero-order valence-corrected chi connectivity index (χ0v) is 5.06. The van der Waals surface area contributed by atoms with Gasteiger partial charge in [-0.1, -0.05) is 12.1 Å². The van der Waals surface area contributed by atoms with Gasteiger partial charge >= 0.3 is 0 Å². The van der Waals surface area contributed by atoms with E-state index in [1.165, 1.54) is 0 Å². The van der Waals surface area contributed by atoms with Gasteiger partial charge in [-0.15, -0.1) is 0 Å². The van der Waals surface area contributed by atoms with Crippen molar-refractivity contribution in [2.45, 2.75) is 0 Å². The summed E-state index contributed by atoms with van der Waals surface area (Å²) in [5, 5.41) is 14.0. The maximum atomic E-state index is 10.5. The van der Waals surface area contributed by atoms with Gasteiger partial charge in [0.2, 0.25) is 0 Å². The van der Waals surface area contributed by atoms with Crippen molar-refractivity contribution in [3.63, 3.8) is 0 Å². The molecule has 1 radical (unpaired) electrons. The average molecular weight is 134 g/mol. The molecule has 0 amide bonds. The van der Waals surface area contributed by atoms with Gasteiger partial charge in [0.1, 0.15) is 0 Å². The molecular formula is C6H4N3O. The summed E-state index contributed by atoms with van der Waals surface area (Å²) in [4.78, 5) is 0.324. The van der Waals surface area contributed by atoms with Crippen LogP contribution in [0.15, 0.2) is 29.4 Å². The van der Waals surface area contributed by atoms with E-state index in [4.69, 9.17) is 0 Å². The van der Waals surface area contributed by atoms with Crippen molar-refractivity contribution in [2.24, 2.45) is 5.11 Å². The van der Waals surface area contributed by atoms with Crippen LogP contribution in [-0.4, -0.2) is 4.97 Å². The van der Waals surface area contributed by atoms with Gasteiger partial charge in [0, 0.05) is 10.5 Å². The molecule has 4 heteroatoms. The fourth-order valence-electron chi connectivity index (χ4n) is 0.840. The summed E-state index contributed by atoms with van der Waals surface area (Å²) in [7, 11) is 0. The van der Waals surface area contributed by atoms with Crippen molar-refractivity contribution in [2.75, 3.05) is 0 Å². The van der Waals surface area contributed by atoms with Gasteiger partial charge in [0.25, 0.3) is 0 Å². The highest BCUT2D eigenvalue weighted by molar-refractivity contribution is 5.60. The lowest BCUT2D eigenvalue weighted by Gasteiger charge is -1.85. The topological polar surface area (TPSA) is 52.5 Å². The molecule has 0 aliphatic carbocycles. The molecule has 49 valence electrons. The largest absolute Gasteiger partial charge is 0.569 e. The molecule has 0 N–H and O–H groups in total. The van der Waals surface area contributed by atoms with E-state index < -0.39 is 0 Å². The lowest BCUT2D eigenvalue weighted by atomic mass is 10.3. The van der Waals surface area contributed by atoms with Crippen LogP contribution in [0.2, 0.25) is 0 Å². The Morgan fingerprint density at radius 1 is 1.20 bits per heavy atom. The van der Waals surface area contributed by atoms with Gasteiger partial charge < -0.3 is 5.21 Å². The van der Waals surface area contributed by atoms with Crippen LogP contribution in [0.25, 0.3) is 0 Å². The highest BCUT2D eigenvalue weighted by atomic mass is 16.5. The molecule has 0 atom stereocenters. The summed E-state index contributed by atoms with van der Waals surface area (Å²) >= 11 is 0. The summed E-state index contributed by atoms with van der Waals surface area (Å²) in [6.07, 6.45) is 0. The van der Waals surface area contributed by atoms with E-state index in [1.54, 1.807) is 12.1 Å². The number of rotatable bonds is 0. The second-order valence-electron chi connectivity index (χ2n) is 1.94. The second-order valence-corrected chi connectivity index (χ2v) is 1.94. The van der Waals surface area contributed by atoms with Crippen LogP contribution in [0.4, 0.5) is 11.4 Å². The Balaban J connectivity index is 2.54. The Bertz CT molecular complexity index is 295. The third kappa shape index (κ3) is 0.621. The SMILES string of the molecule is [O-][N+]1=Nc2ccccc2[N]1. The van der Waals surface area contributed by atoms with Crippen molar-refractivity contribution >= 4 is 11.4 Å². The van der Waals surface area contributed by atoms with E-state index in [0.717, 1.165) is 0 Å². The molecule has 0 unspecified atom stereocenters. The summed E-state index contributed by atoms with van der Waals surface area (Å²) in [5.74, 6) is 0. The summed E-state index contributed by atoms with van der Waals surface area (Å²) < 4.78 is 0. The lowest BCUT2D eigenvalue weighted by molar-refractivity contribution is -0.570. The monoisotopic (exact) mass is 134 g/mol. The standard InChI is InChI=1S/C6H4N3O/c10-9-7-5-3-1-2-4-6(5)8-9/h1-4H. The highest BCUT2D eigenvalue weighted by Gasteiger charge is 2.17. The van der Waals surface area contributed by atoms with E-state index in [0.29, 0.717) is 16.3 Å². The first-order chi connectivity index (χ1) is 4.86. The zero-order valence-electron chi connectivity index (χ0n) is 5.06. The number of hydrogen-bond acceptors (Lipinski definition) is 2. The Hall–Kier alpha value is -1.58. The fourth-order valence-corrected chi connectivity index (χ4v) is 0.840. The van der Waals surface area contributed by atoms with Gasteiger partial charge in [-0.05, 0) is 12.1 Å². The maximum Gasteiger partial charge on any atom is 0.166 e. The molecule has 1 aliphatic heterocycles. The normalized spacial score (nSPS) is 13.8. The van der Waals surface area contributed by atoms with Crippen molar-refractivity contribution in [3.8, 4) is 0 Å². The molecule has 0 bridgehead atoms. The predicted octanol–water partition coefficient (Wildman–Crippen LogP) is 1.45. The average Bonchev–Trinajstić information content (AvgIpc) is 2.27. The van der Waals surface area contributed by atoms with Gasteiger partial charge in [0.15, 0.2) is 11.4 Å². The number of nitrogens with zero attached hydrogens (tertiary/aromatic N) is 3. The van der Waals surface area contributed by atoms with Crippen molar-refractivity contribution in [1.29, 1.82) is 0 Å². The summed E-state index contributed by atoms with van der Waals surface area (Å²) in [5.41, 5.74) is 4.84. The Kier molecular flexibility index (Phi) is 0.887. The molecule has 4 nitrogen and oxygen atoms in total. The van der Waals surface area contributed by atoms with E-state index in [9.17, 15) is 5.21 Å². The first-order valence-electron chi connectivity index (χ1n) is 2.86. The van der Waals surface area contributed by atoms with Crippen LogP contribution >= 0.6 is 0 Å². The predicted molar refractivity (Wildman–Crippen MR) is 34.0 cm³/mol. The van der Waals surface area contributed by atoms with Gasteiger partial charge in [-0.3, -0.25) is 0 Å². The Morgan fingerprint density at radius 2 is 1.90 bits per heavy atom. The summed E-state index contributed by atoms with van der Waals surface area (Å²) in [6.45, 7) is 0. The van der Waals surface area contributed by atoms with E-state index in [2.05, 4.69) is 10.5 Å². The molecule has 1 heterocycles. The Labute approximate surface area is 57.4 Å². The Morgan fingerprint density at radius 3 is 2.60 bits per heavy atom. The number of fused-ring (bicyclic) bond motifs is 1. The van der Waals surface area contributed by atoms with E-state index >= 15 is 0 Å². The van der Waals surface area contributed by atoms with Crippen LogP contribution in [0.5, 0.6) is 0 Å². The molecule has 0 aromatic heterocycles.